The molecule has 1 saturated heterocycles. The Morgan fingerprint density at radius 3 is 2.87 bits per heavy atom. The van der Waals surface area contributed by atoms with Gasteiger partial charge in [-0.3, -0.25) is 0 Å². The van der Waals surface area contributed by atoms with Crippen molar-refractivity contribution in [2.24, 2.45) is 5.92 Å². The zero-order valence-corrected chi connectivity index (χ0v) is 9.12. The molecule has 2 aliphatic rings. The van der Waals surface area contributed by atoms with E-state index in [1.807, 2.05) is 6.07 Å². The monoisotopic (exact) mass is 203 g/mol. The van der Waals surface area contributed by atoms with E-state index in [0.29, 0.717) is 0 Å². The maximum absolute atomic E-state index is 5.46. The van der Waals surface area contributed by atoms with Gasteiger partial charge in [0, 0.05) is 11.1 Å². The highest BCUT2D eigenvalue weighted by atomic mass is 16.5. The molecule has 1 aromatic carbocycles. The van der Waals surface area contributed by atoms with Crippen molar-refractivity contribution < 1.29 is 4.74 Å². The Morgan fingerprint density at radius 2 is 2.27 bits per heavy atom. The van der Waals surface area contributed by atoms with Crippen LogP contribution in [0, 0.1) is 5.92 Å². The van der Waals surface area contributed by atoms with E-state index in [0.717, 1.165) is 11.7 Å². The smallest absolute Gasteiger partial charge is 0.123 e. The summed E-state index contributed by atoms with van der Waals surface area (Å²) in [6.07, 6.45) is 3.91. The summed E-state index contributed by atoms with van der Waals surface area (Å²) in [5.41, 5.74) is 1.57. The number of nitrogens with one attached hydrogen (secondary N) is 1. The largest absolute Gasteiger partial charge is 0.496 e. The van der Waals surface area contributed by atoms with Crippen LogP contribution in [0.2, 0.25) is 0 Å². The number of fused-ring (bicyclic) bond motifs is 2. The third kappa shape index (κ3) is 1.28. The van der Waals surface area contributed by atoms with Crippen molar-refractivity contribution in [2.45, 2.75) is 24.8 Å². The number of hydrogen-bond acceptors (Lipinski definition) is 2. The van der Waals surface area contributed by atoms with Crippen molar-refractivity contribution in [3.63, 3.8) is 0 Å². The third-order valence-corrected chi connectivity index (χ3v) is 3.97. The first-order valence-corrected chi connectivity index (χ1v) is 5.73. The molecular weight excluding hydrogens is 186 g/mol. The second-order valence-electron chi connectivity index (χ2n) is 4.77. The van der Waals surface area contributed by atoms with E-state index in [-0.39, 0.29) is 5.54 Å². The fourth-order valence-electron chi connectivity index (χ4n) is 3.20. The first-order valence-electron chi connectivity index (χ1n) is 5.73. The lowest BCUT2D eigenvalue weighted by Crippen LogP contribution is -2.37. The van der Waals surface area contributed by atoms with E-state index in [1.165, 1.54) is 31.4 Å². The maximum Gasteiger partial charge on any atom is 0.123 e. The van der Waals surface area contributed by atoms with Crippen molar-refractivity contribution in [3.05, 3.63) is 29.8 Å². The molecule has 2 atom stereocenters. The standard InChI is InChI=1S/C13H17NO/c1-15-12-5-3-2-4-11(12)13-7-6-10(8-13)9-14-13/h2-5,10,14H,6-9H2,1H3. The predicted molar refractivity (Wildman–Crippen MR) is 60.0 cm³/mol. The molecule has 15 heavy (non-hydrogen) atoms. The highest BCUT2D eigenvalue weighted by Gasteiger charge is 2.46. The van der Waals surface area contributed by atoms with Crippen LogP contribution < -0.4 is 10.1 Å². The van der Waals surface area contributed by atoms with Crippen LogP contribution in [-0.4, -0.2) is 13.7 Å². The molecule has 1 heterocycles. The molecule has 2 bridgehead atoms. The van der Waals surface area contributed by atoms with Crippen LogP contribution >= 0.6 is 0 Å². The molecule has 3 rings (SSSR count). The van der Waals surface area contributed by atoms with Gasteiger partial charge in [-0.1, -0.05) is 18.2 Å². The molecule has 0 aromatic heterocycles. The van der Waals surface area contributed by atoms with E-state index < -0.39 is 0 Å². The average Bonchev–Trinajstić information content (AvgIpc) is 2.90. The number of piperidine rings is 1. The first-order chi connectivity index (χ1) is 7.34. The second-order valence-corrected chi connectivity index (χ2v) is 4.77. The van der Waals surface area contributed by atoms with Gasteiger partial charge in [-0.25, -0.2) is 0 Å². The highest BCUT2D eigenvalue weighted by molar-refractivity contribution is 5.41. The molecule has 0 amide bonds. The molecule has 1 N–H and O–H groups in total. The summed E-state index contributed by atoms with van der Waals surface area (Å²) in [6, 6.07) is 8.43. The molecular formula is C13H17NO. The van der Waals surface area contributed by atoms with Crippen molar-refractivity contribution in [2.75, 3.05) is 13.7 Å². The van der Waals surface area contributed by atoms with Gasteiger partial charge in [0.1, 0.15) is 5.75 Å². The summed E-state index contributed by atoms with van der Waals surface area (Å²) in [5, 5.41) is 3.68. The van der Waals surface area contributed by atoms with Gasteiger partial charge in [-0.05, 0) is 37.8 Å². The van der Waals surface area contributed by atoms with Gasteiger partial charge in [0.2, 0.25) is 0 Å². The zero-order chi connectivity index (χ0) is 10.3. The van der Waals surface area contributed by atoms with Crippen LogP contribution in [-0.2, 0) is 5.54 Å². The van der Waals surface area contributed by atoms with Crippen LogP contribution in [0.5, 0.6) is 5.75 Å². The van der Waals surface area contributed by atoms with Crippen molar-refractivity contribution >= 4 is 0 Å². The van der Waals surface area contributed by atoms with Gasteiger partial charge in [-0.2, -0.15) is 0 Å². The SMILES string of the molecule is COc1ccccc1C12CCC(CN1)C2. The Morgan fingerprint density at radius 1 is 1.40 bits per heavy atom. The van der Waals surface area contributed by atoms with Crippen LogP contribution in [0.3, 0.4) is 0 Å². The molecule has 0 radical (unpaired) electrons. The molecule has 0 spiro atoms. The summed E-state index contributed by atoms with van der Waals surface area (Å²) in [4.78, 5) is 0. The van der Waals surface area contributed by atoms with Crippen molar-refractivity contribution in [1.82, 2.24) is 5.32 Å². The highest BCUT2D eigenvalue weighted by Crippen LogP contribution is 2.48. The molecule has 1 aliphatic carbocycles. The molecule has 2 unspecified atom stereocenters. The molecule has 2 nitrogen and oxygen atoms in total. The number of ether oxygens (including phenoxy) is 1. The normalized spacial score (nSPS) is 33.3. The van der Waals surface area contributed by atoms with Crippen LogP contribution in [0.25, 0.3) is 0 Å². The van der Waals surface area contributed by atoms with Crippen LogP contribution in [0.15, 0.2) is 24.3 Å². The predicted octanol–water partition coefficient (Wildman–Crippen LogP) is 2.29. The Balaban J connectivity index is 2.04. The summed E-state index contributed by atoms with van der Waals surface area (Å²) >= 11 is 0. The Bertz CT molecular complexity index is 367. The van der Waals surface area contributed by atoms with E-state index in [9.17, 15) is 0 Å². The summed E-state index contributed by atoms with van der Waals surface area (Å²) < 4.78 is 5.46. The number of methoxy groups -OCH3 is 1. The van der Waals surface area contributed by atoms with Crippen molar-refractivity contribution in [3.8, 4) is 5.75 Å². The quantitative estimate of drug-likeness (QED) is 0.796. The Kier molecular flexibility index (Phi) is 1.99. The lowest BCUT2D eigenvalue weighted by atomic mass is 9.88. The summed E-state index contributed by atoms with van der Waals surface area (Å²) in [7, 11) is 1.76. The average molecular weight is 203 g/mol. The van der Waals surface area contributed by atoms with Gasteiger partial charge in [0.25, 0.3) is 0 Å². The maximum atomic E-state index is 5.46. The molecule has 2 fully saturated rings. The van der Waals surface area contributed by atoms with E-state index in [1.54, 1.807) is 7.11 Å². The van der Waals surface area contributed by atoms with Crippen LogP contribution in [0.4, 0.5) is 0 Å². The number of rotatable bonds is 2. The summed E-state index contributed by atoms with van der Waals surface area (Å²) in [6.45, 7) is 1.18. The topological polar surface area (TPSA) is 21.3 Å². The lowest BCUT2D eigenvalue weighted by molar-refractivity contribution is 0.343. The van der Waals surface area contributed by atoms with E-state index in [2.05, 4.69) is 23.5 Å². The molecule has 2 heteroatoms. The molecule has 1 aliphatic heterocycles. The van der Waals surface area contributed by atoms with E-state index in [4.69, 9.17) is 4.74 Å². The molecule has 1 saturated carbocycles. The second kappa shape index (κ2) is 3.24. The third-order valence-electron chi connectivity index (χ3n) is 3.97. The number of benzene rings is 1. The molecule has 80 valence electrons. The van der Waals surface area contributed by atoms with Crippen LogP contribution in [0.1, 0.15) is 24.8 Å². The fourth-order valence-corrected chi connectivity index (χ4v) is 3.20. The van der Waals surface area contributed by atoms with Gasteiger partial charge in [-0.15, -0.1) is 0 Å². The van der Waals surface area contributed by atoms with Gasteiger partial charge < -0.3 is 10.1 Å². The zero-order valence-electron chi connectivity index (χ0n) is 9.12. The fraction of sp³-hybridized carbons (Fsp3) is 0.538. The minimum absolute atomic E-state index is 0.220. The van der Waals surface area contributed by atoms with E-state index >= 15 is 0 Å². The minimum Gasteiger partial charge on any atom is -0.496 e. The van der Waals surface area contributed by atoms with Gasteiger partial charge >= 0.3 is 0 Å². The molecule has 1 aromatic rings. The minimum atomic E-state index is 0.220. The number of hydrogen-bond donors (Lipinski definition) is 1. The van der Waals surface area contributed by atoms with Gasteiger partial charge in [0.05, 0.1) is 7.11 Å². The Hall–Kier alpha value is -1.02. The number of para-hydroxylation sites is 1. The van der Waals surface area contributed by atoms with Crippen molar-refractivity contribution in [1.29, 1.82) is 0 Å². The lowest BCUT2D eigenvalue weighted by Gasteiger charge is -2.29. The first kappa shape index (κ1) is 9.22. The Labute approximate surface area is 90.6 Å². The summed E-state index contributed by atoms with van der Waals surface area (Å²) in [5.74, 6) is 1.92. The van der Waals surface area contributed by atoms with Gasteiger partial charge in [0.15, 0.2) is 0 Å².